The number of aliphatic hydroxyl groups excluding tert-OH is 4. The molecule has 0 fully saturated rings. The fraction of sp³-hybridized carbons (Fsp3) is 0.833. The summed E-state index contributed by atoms with van der Waals surface area (Å²) in [4.78, 5) is 9.95. The zero-order valence-corrected chi connectivity index (χ0v) is 9.41. The fourth-order valence-electron chi connectivity index (χ4n) is 0.612. The minimum absolute atomic E-state index is 0. The number of hydrogen-bond acceptors (Lipinski definition) is 6. The van der Waals surface area contributed by atoms with Gasteiger partial charge in [-0.25, -0.2) is 0 Å². The second kappa shape index (κ2) is 6.72. The predicted octanol–water partition coefficient (Wildman–Crippen LogP) is -6.80. The molecule has 4 N–H and O–H groups in total. The first-order valence-electron chi connectivity index (χ1n) is 3.31. The second-order valence-corrected chi connectivity index (χ2v) is 2.49. The number of carboxylic acid groups (broad SMARTS) is 1. The average molecular weight is 202 g/mol. The molecule has 72 valence electrons. The maximum Gasteiger partial charge on any atom is 1.00 e. The summed E-state index contributed by atoms with van der Waals surface area (Å²) in [6.45, 7) is 1.15. The number of carboxylic acids is 1. The molecule has 0 aromatic rings. The molecule has 0 aliphatic carbocycles. The summed E-state index contributed by atoms with van der Waals surface area (Å²) >= 11 is 0. The monoisotopic (exact) mass is 202 g/mol. The summed E-state index contributed by atoms with van der Waals surface area (Å²) in [5.41, 5.74) is 0. The Bertz CT molecular complexity index is 161. The van der Waals surface area contributed by atoms with Gasteiger partial charge in [0, 0.05) is 0 Å². The van der Waals surface area contributed by atoms with Gasteiger partial charge in [0.25, 0.3) is 0 Å². The van der Waals surface area contributed by atoms with Gasteiger partial charge in [0.05, 0.1) is 12.1 Å². The van der Waals surface area contributed by atoms with Crippen LogP contribution in [0, 0.1) is 0 Å². The molecule has 0 saturated carbocycles. The molecule has 0 aromatic heterocycles. The number of carbonyl (C=O) groups is 1. The number of aliphatic hydroxyl groups is 4. The third-order valence-corrected chi connectivity index (χ3v) is 1.41. The molecule has 7 heteroatoms. The summed E-state index contributed by atoms with van der Waals surface area (Å²) in [5, 5.41) is 45.0. The Morgan fingerprint density at radius 3 is 1.77 bits per heavy atom. The zero-order chi connectivity index (χ0) is 9.89. The van der Waals surface area contributed by atoms with Gasteiger partial charge in [-0.3, -0.25) is 0 Å². The SMILES string of the molecule is C[C@H](O)[C@H](O)[C@@H](O)[C@@H](O)C(=O)[O-].[Na+]. The van der Waals surface area contributed by atoms with Gasteiger partial charge in [-0.2, -0.15) is 0 Å². The molecular weight excluding hydrogens is 191 g/mol. The quantitative estimate of drug-likeness (QED) is 0.336. The van der Waals surface area contributed by atoms with Crippen molar-refractivity contribution in [2.75, 3.05) is 0 Å². The van der Waals surface area contributed by atoms with Crippen molar-refractivity contribution < 1.29 is 59.9 Å². The van der Waals surface area contributed by atoms with Crippen LogP contribution in [0.25, 0.3) is 0 Å². The van der Waals surface area contributed by atoms with Gasteiger partial charge >= 0.3 is 29.6 Å². The summed E-state index contributed by atoms with van der Waals surface area (Å²) in [6.07, 6.45) is -7.18. The van der Waals surface area contributed by atoms with E-state index in [1.165, 1.54) is 0 Å². The van der Waals surface area contributed by atoms with Crippen LogP contribution in [0.15, 0.2) is 0 Å². The van der Waals surface area contributed by atoms with E-state index in [4.69, 9.17) is 20.4 Å². The average Bonchev–Trinajstić information content (AvgIpc) is 2.00. The van der Waals surface area contributed by atoms with Crippen LogP contribution in [-0.2, 0) is 4.79 Å². The van der Waals surface area contributed by atoms with E-state index in [2.05, 4.69) is 0 Å². The van der Waals surface area contributed by atoms with E-state index in [0.29, 0.717) is 0 Å². The van der Waals surface area contributed by atoms with E-state index < -0.39 is 30.4 Å². The summed E-state index contributed by atoms with van der Waals surface area (Å²) in [7, 11) is 0. The Hall–Kier alpha value is 0.310. The van der Waals surface area contributed by atoms with E-state index >= 15 is 0 Å². The molecule has 0 saturated heterocycles. The third-order valence-electron chi connectivity index (χ3n) is 1.41. The van der Waals surface area contributed by atoms with Crippen LogP contribution < -0.4 is 34.7 Å². The van der Waals surface area contributed by atoms with Crippen molar-refractivity contribution in [1.82, 2.24) is 0 Å². The summed E-state index contributed by atoms with van der Waals surface area (Å²) in [6, 6.07) is 0. The number of aliphatic carboxylic acids is 1. The second-order valence-electron chi connectivity index (χ2n) is 2.49. The molecule has 0 rings (SSSR count). The van der Waals surface area contributed by atoms with Crippen LogP contribution in [-0.4, -0.2) is 50.8 Å². The van der Waals surface area contributed by atoms with Gasteiger partial charge in [0.15, 0.2) is 0 Å². The van der Waals surface area contributed by atoms with Crippen LogP contribution in [0.4, 0.5) is 0 Å². The van der Waals surface area contributed by atoms with Crippen molar-refractivity contribution in [1.29, 1.82) is 0 Å². The van der Waals surface area contributed by atoms with Crippen LogP contribution in [0.1, 0.15) is 6.92 Å². The normalized spacial score (nSPS) is 19.5. The Labute approximate surface area is 97.1 Å². The summed E-state index contributed by atoms with van der Waals surface area (Å²) in [5.74, 6) is -1.90. The Kier molecular flexibility index (Phi) is 8.15. The van der Waals surface area contributed by atoms with Gasteiger partial charge in [0.1, 0.15) is 18.3 Å². The van der Waals surface area contributed by atoms with Crippen molar-refractivity contribution >= 4 is 5.97 Å². The molecule has 0 radical (unpaired) electrons. The molecular formula is C6H11NaO6. The first kappa shape index (κ1) is 15.8. The van der Waals surface area contributed by atoms with Gasteiger partial charge in [-0.05, 0) is 6.92 Å². The molecule has 0 heterocycles. The zero-order valence-electron chi connectivity index (χ0n) is 7.41. The van der Waals surface area contributed by atoms with E-state index in [-0.39, 0.29) is 29.6 Å². The molecule has 0 spiro atoms. The molecule has 6 nitrogen and oxygen atoms in total. The molecule has 0 aliphatic rings. The van der Waals surface area contributed by atoms with Crippen LogP contribution >= 0.6 is 0 Å². The van der Waals surface area contributed by atoms with E-state index in [9.17, 15) is 9.90 Å². The van der Waals surface area contributed by atoms with Crippen molar-refractivity contribution in [2.24, 2.45) is 0 Å². The van der Waals surface area contributed by atoms with E-state index in [1.54, 1.807) is 0 Å². The minimum Gasteiger partial charge on any atom is -0.547 e. The maximum atomic E-state index is 9.95. The topological polar surface area (TPSA) is 121 Å². The molecule has 0 aromatic carbocycles. The van der Waals surface area contributed by atoms with E-state index in [0.717, 1.165) is 6.92 Å². The van der Waals surface area contributed by atoms with Crippen molar-refractivity contribution in [3.63, 3.8) is 0 Å². The number of rotatable bonds is 4. The largest absolute Gasteiger partial charge is 1.00 e. The third kappa shape index (κ3) is 4.92. The maximum absolute atomic E-state index is 9.95. The van der Waals surface area contributed by atoms with Crippen molar-refractivity contribution in [2.45, 2.75) is 31.3 Å². The van der Waals surface area contributed by atoms with Gasteiger partial charge in [-0.1, -0.05) is 0 Å². The molecule has 0 aliphatic heterocycles. The van der Waals surface area contributed by atoms with Crippen LogP contribution in [0.2, 0.25) is 0 Å². The first-order chi connectivity index (χ1) is 5.37. The minimum atomic E-state index is -2.20. The molecule has 13 heavy (non-hydrogen) atoms. The van der Waals surface area contributed by atoms with Crippen LogP contribution in [0.3, 0.4) is 0 Å². The van der Waals surface area contributed by atoms with Crippen molar-refractivity contribution in [3.05, 3.63) is 0 Å². The van der Waals surface area contributed by atoms with Crippen molar-refractivity contribution in [3.8, 4) is 0 Å². The van der Waals surface area contributed by atoms with Gasteiger partial charge in [0.2, 0.25) is 0 Å². The molecule has 0 amide bonds. The van der Waals surface area contributed by atoms with Crippen LogP contribution in [0.5, 0.6) is 0 Å². The fourth-order valence-corrected chi connectivity index (χ4v) is 0.612. The van der Waals surface area contributed by atoms with Gasteiger partial charge < -0.3 is 30.3 Å². The first-order valence-corrected chi connectivity index (χ1v) is 3.31. The Balaban J connectivity index is 0. The smallest absolute Gasteiger partial charge is 0.547 e. The standard InChI is InChI=1S/C6H12O6.Na/c1-2(7)3(8)4(9)5(10)6(11)12;/h2-5,7-10H,1H3,(H,11,12);/q;+1/p-1/t2-,3-,4+,5+;/m0./s1. The summed E-state index contributed by atoms with van der Waals surface area (Å²) < 4.78 is 0. The van der Waals surface area contributed by atoms with E-state index in [1.807, 2.05) is 0 Å². The van der Waals surface area contributed by atoms with Gasteiger partial charge in [-0.15, -0.1) is 0 Å². The predicted molar refractivity (Wildman–Crippen MR) is 34.7 cm³/mol. The molecule has 4 atom stereocenters. The number of carbonyl (C=O) groups excluding carboxylic acids is 1. The molecule has 0 unspecified atom stereocenters. The molecule has 0 bridgehead atoms. The Morgan fingerprint density at radius 2 is 1.54 bits per heavy atom. The number of hydrogen-bond donors (Lipinski definition) is 4. The Morgan fingerprint density at radius 1 is 1.15 bits per heavy atom.